The maximum Gasteiger partial charge on any atom is 0.217 e. The van der Waals surface area contributed by atoms with Crippen LogP contribution in [0.3, 0.4) is 0 Å². The van der Waals surface area contributed by atoms with E-state index < -0.39 is 0 Å². The number of benzene rings is 2. The summed E-state index contributed by atoms with van der Waals surface area (Å²) >= 11 is 6.51. The number of halogens is 1. The predicted molar refractivity (Wildman–Crippen MR) is 126 cm³/mol. The van der Waals surface area contributed by atoms with Crippen LogP contribution < -0.4 is 0 Å². The van der Waals surface area contributed by atoms with Crippen molar-refractivity contribution >= 4 is 60.0 Å². The summed E-state index contributed by atoms with van der Waals surface area (Å²) in [5.41, 5.74) is 4.86. The molecule has 0 aliphatic carbocycles. The summed E-state index contributed by atoms with van der Waals surface area (Å²) in [5.74, 6) is 0.406. The summed E-state index contributed by atoms with van der Waals surface area (Å²) in [6.45, 7) is 4.02. The summed E-state index contributed by atoms with van der Waals surface area (Å²) in [6.07, 6.45) is 0. The fourth-order valence-electron chi connectivity index (χ4n) is 3.69. The van der Waals surface area contributed by atoms with Crippen LogP contribution in [0.2, 0.25) is 0 Å². The minimum Gasteiger partial charge on any atom is -0.318 e. The van der Waals surface area contributed by atoms with Gasteiger partial charge in [0.25, 0.3) is 0 Å². The number of ketones is 1. The van der Waals surface area contributed by atoms with Crippen molar-refractivity contribution in [3.8, 4) is 5.69 Å². The Bertz CT molecular complexity index is 1400. The smallest absolute Gasteiger partial charge is 0.217 e. The second-order valence-corrected chi connectivity index (χ2v) is 9.85. The molecule has 5 nitrogen and oxygen atoms in total. The van der Waals surface area contributed by atoms with Crippen LogP contribution in [0.25, 0.3) is 20.9 Å². The van der Waals surface area contributed by atoms with E-state index in [0.717, 1.165) is 47.4 Å². The molecule has 8 heteroatoms. The maximum atomic E-state index is 13.1. The maximum absolute atomic E-state index is 13.1. The molecule has 0 atom stereocenters. The van der Waals surface area contributed by atoms with Gasteiger partial charge in [0.2, 0.25) is 4.96 Å². The molecule has 0 bridgehead atoms. The average molecular weight is 497 g/mol. The monoisotopic (exact) mass is 496 g/mol. The van der Waals surface area contributed by atoms with E-state index in [4.69, 9.17) is 0 Å². The van der Waals surface area contributed by atoms with E-state index in [2.05, 4.69) is 42.8 Å². The van der Waals surface area contributed by atoms with Crippen molar-refractivity contribution in [2.75, 3.05) is 5.75 Å². The number of nitrogens with zero attached hydrogens (tertiary/aromatic N) is 4. The fraction of sp³-hybridized carbons (Fsp3) is 0.136. The first-order valence-electron chi connectivity index (χ1n) is 9.36. The SMILES string of the molecule is Cc1cc(C(=O)CSc2nnc3sc4ccccc4n23)c(C)n1-c1ccc(Br)cc1. The van der Waals surface area contributed by atoms with Gasteiger partial charge >= 0.3 is 0 Å². The van der Waals surface area contributed by atoms with Gasteiger partial charge in [0.05, 0.1) is 16.0 Å². The Hall–Kier alpha value is -2.42. The second-order valence-electron chi connectivity index (χ2n) is 6.98. The number of hydrogen-bond acceptors (Lipinski definition) is 5. The molecule has 2 aromatic carbocycles. The number of aryl methyl sites for hydroxylation is 1. The van der Waals surface area contributed by atoms with Gasteiger partial charge in [0, 0.05) is 27.1 Å². The topological polar surface area (TPSA) is 52.2 Å². The van der Waals surface area contributed by atoms with Crippen LogP contribution >= 0.6 is 39.0 Å². The van der Waals surface area contributed by atoms with Crippen LogP contribution in [0.5, 0.6) is 0 Å². The van der Waals surface area contributed by atoms with E-state index in [1.807, 2.05) is 60.7 Å². The minimum atomic E-state index is 0.0905. The predicted octanol–water partition coefficient (Wildman–Crippen LogP) is 6.09. The lowest BCUT2D eigenvalue weighted by atomic mass is 10.2. The average Bonchev–Trinajstić information content (AvgIpc) is 3.39. The lowest BCUT2D eigenvalue weighted by Gasteiger charge is -2.10. The van der Waals surface area contributed by atoms with Crippen LogP contribution in [0.15, 0.2) is 64.2 Å². The van der Waals surface area contributed by atoms with Crippen molar-refractivity contribution in [2.24, 2.45) is 0 Å². The molecule has 0 aliphatic heterocycles. The van der Waals surface area contributed by atoms with Crippen LogP contribution in [0.1, 0.15) is 21.7 Å². The Morgan fingerprint density at radius 3 is 2.67 bits per heavy atom. The van der Waals surface area contributed by atoms with Gasteiger partial charge in [0.1, 0.15) is 0 Å². The number of hydrogen-bond donors (Lipinski definition) is 0. The highest BCUT2D eigenvalue weighted by Gasteiger charge is 2.19. The highest BCUT2D eigenvalue weighted by molar-refractivity contribution is 9.10. The summed E-state index contributed by atoms with van der Waals surface area (Å²) in [7, 11) is 0. The van der Waals surface area contributed by atoms with Crippen molar-refractivity contribution in [3.05, 3.63) is 76.0 Å². The molecule has 0 saturated heterocycles. The van der Waals surface area contributed by atoms with Crippen molar-refractivity contribution in [2.45, 2.75) is 19.0 Å². The lowest BCUT2D eigenvalue weighted by Crippen LogP contribution is -2.06. The van der Waals surface area contributed by atoms with Gasteiger partial charge < -0.3 is 4.57 Å². The van der Waals surface area contributed by atoms with Gasteiger partial charge in [-0.1, -0.05) is 51.2 Å². The zero-order chi connectivity index (χ0) is 20.8. The Balaban J connectivity index is 1.42. The summed E-state index contributed by atoms with van der Waals surface area (Å²) in [4.78, 5) is 13.9. The highest BCUT2D eigenvalue weighted by Crippen LogP contribution is 2.30. The molecule has 3 aromatic heterocycles. The third-order valence-electron chi connectivity index (χ3n) is 5.06. The number of rotatable bonds is 5. The number of thioether (sulfide) groups is 1. The fourth-order valence-corrected chi connectivity index (χ4v) is 5.80. The molecule has 0 unspecified atom stereocenters. The molecule has 0 amide bonds. The van der Waals surface area contributed by atoms with E-state index in [9.17, 15) is 4.79 Å². The van der Waals surface area contributed by atoms with Crippen LogP contribution in [0, 0.1) is 13.8 Å². The minimum absolute atomic E-state index is 0.0905. The molecule has 150 valence electrons. The number of fused-ring (bicyclic) bond motifs is 3. The molecule has 0 fully saturated rings. The van der Waals surface area contributed by atoms with Gasteiger partial charge in [-0.15, -0.1) is 10.2 Å². The second kappa shape index (κ2) is 7.68. The quantitative estimate of drug-likeness (QED) is 0.218. The van der Waals surface area contributed by atoms with Gasteiger partial charge in [-0.3, -0.25) is 9.20 Å². The molecule has 0 radical (unpaired) electrons. The number of Topliss-reactive ketones (excluding diaryl/α,β-unsaturated/α-hetero) is 1. The van der Waals surface area contributed by atoms with Gasteiger partial charge in [-0.05, 0) is 56.3 Å². The van der Waals surface area contributed by atoms with Gasteiger partial charge in [-0.25, -0.2) is 0 Å². The summed E-state index contributed by atoms with van der Waals surface area (Å²) in [6, 6.07) is 18.2. The van der Waals surface area contributed by atoms with Crippen molar-refractivity contribution in [3.63, 3.8) is 0 Å². The zero-order valence-corrected chi connectivity index (χ0v) is 19.5. The standard InChI is InChI=1S/C22H17BrN4OS2/c1-13-11-17(14(2)26(13)16-9-7-15(23)8-10-16)19(28)12-29-21-24-25-22-27(21)18-5-3-4-6-20(18)30-22/h3-11H,12H2,1-2H3. The van der Waals surface area contributed by atoms with Crippen molar-refractivity contribution < 1.29 is 4.79 Å². The summed E-state index contributed by atoms with van der Waals surface area (Å²) in [5, 5.41) is 9.32. The molecule has 30 heavy (non-hydrogen) atoms. The zero-order valence-electron chi connectivity index (χ0n) is 16.3. The largest absolute Gasteiger partial charge is 0.318 e. The molecule has 0 aliphatic rings. The number of para-hydroxylation sites is 1. The van der Waals surface area contributed by atoms with Gasteiger partial charge in [-0.2, -0.15) is 0 Å². The molecular weight excluding hydrogens is 480 g/mol. The van der Waals surface area contributed by atoms with Crippen LogP contribution in [0.4, 0.5) is 0 Å². The van der Waals surface area contributed by atoms with E-state index in [0.29, 0.717) is 5.75 Å². The number of carbonyl (C=O) groups excluding carboxylic acids is 1. The van der Waals surface area contributed by atoms with Crippen molar-refractivity contribution in [1.29, 1.82) is 0 Å². The number of aromatic nitrogens is 4. The lowest BCUT2D eigenvalue weighted by molar-refractivity contribution is 0.102. The Labute approximate surface area is 189 Å². The molecule has 5 rings (SSSR count). The molecule has 0 N–H and O–H groups in total. The summed E-state index contributed by atoms with van der Waals surface area (Å²) < 4.78 is 6.34. The Morgan fingerprint density at radius 1 is 1.10 bits per heavy atom. The third kappa shape index (κ3) is 3.29. The Morgan fingerprint density at radius 2 is 1.87 bits per heavy atom. The van der Waals surface area contributed by atoms with E-state index in [1.165, 1.54) is 11.8 Å². The third-order valence-corrected chi connectivity index (χ3v) is 7.53. The number of carbonyl (C=O) groups is 1. The molecule has 0 saturated carbocycles. The van der Waals surface area contributed by atoms with E-state index in [1.54, 1.807) is 11.3 Å². The molecular formula is C22H17BrN4OS2. The first kappa shape index (κ1) is 19.5. The van der Waals surface area contributed by atoms with Crippen molar-refractivity contribution in [1.82, 2.24) is 19.2 Å². The van der Waals surface area contributed by atoms with E-state index >= 15 is 0 Å². The molecule has 5 aromatic rings. The van der Waals surface area contributed by atoms with E-state index in [-0.39, 0.29) is 5.78 Å². The number of thiazole rings is 1. The highest BCUT2D eigenvalue weighted by atomic mass is 79.9. The first-order valence-corrected chi connectivity index (χ1v) is 12.0. The molecule has 0 spiro atoms. The normalized spacial score (nSPS) is 11.6. The first-order chi connectivity index (χ1) is 14.5. The van der Waals surface area contributed by atoms with Gasteiger partial charge in [0.15, 0.2) is 10.9 Å². The van der Waals surface area contributed by atoms with Crippen LogP contribution in [-0.2, 0) is 0 Å². The Kier molecular flexibility index (Phi) is 5.00. The van der Waals surface area contributed by atoms with Crippen LogP contribution in [-0.4, -0.2) is 30.7 Å². The molecule has 3 heterocycles.